The van der Waals surface area contributed by atoms with Crippen LogP contribution >= 0.6 is 11.8 Å². The van der Waals surface area contributed by atoms with E-state index in [1.807, 2.05) is 6.26 Å². The highest BCUT2D eigenvalue weighted by Crippen LogP contribution is 2.37. The largest absolute Gasteiger partial charge is 0.346 e. The summed E-state index contributed by atoms with van der Waals surface area (Å²) in [5, 5.41) is 3.27. The molecule has 0 bridgehead atoms. The third-order valence-corrected chi connectivity index (χ3v) is 5.66. The fraction of sp³-hybridized carbons (Fsp3) is 0.714. The van der Waals surface area contributed by atoms with E-state index in [-0.39, 0.29) is 0 Å². The normalized spacial score (nSPS) is 15.5. The number of sulfonamides is 1. The first kappa shape index (κ1) is 16.9. The summed E-state index contributed by atoms with van der Waals surface area (Å²) in [7, 11) is -3.38. The first-order valence-corrected chi connectivity index (χ1v) is 10.4. The van der Waals surface area contributed by atoms with E-state index in [9.17, 15) is 8.42 Å². The molecule has 5 nitrogen and oxygen atoms in total. The van der Waals surface area contributed by atoms with Crippen LogP contribution in [0.15, 0.2) is 17.2 Å². The van der Waals surface area contributed by atoms with Crippen molar-refractivity contribution < 1.29 is 8.42 Å². The van der Waals surface area contributed by atoms with Gasteiger partial charge in [-0.2, -0.15) is 11.8 Å². The Bertz CT molecular complexity index is 551. The first-order valence-electron chi connectivity index (χ1n) is 7.48. The van der Waals surface area contributed by atoms with Crippen LogP contribution in [0.2, 0.25) is 0 Å². The van der Waals surface area contributed by atoms with Crippen LogP contribution in [-0.4, -0.2) is 38.1 Å². The molecule has 2 rings (SSSR count). The van der Waals surface area contributed by atoms with Gasteiger partial charge in [0.25, 0.3) is 0 Å². The van der Waals surface area contributed by atoms with Gasteiger partial charge in [-0.3, -0.25) is 0 Å². The molecule has 1 heterocycles. The highest BCUT2D eigenvalue weighted by molar-refractivity contribution is 7.98. The second-order valence-electron chi connectivity index (χ2n) is 5.33. The summed E-state index contributed by atoms with van der Waals surface area (Å²) in [6, 6.07) is 2.29. The zero-order valence-corrected chi connectivity index (χ0v) is 14.4. The Labute approximate surface area is 131 Å². The Balaban J connectivity index is 2.07. The van der Waals surface area contributed by atoms with Gasteiger partial charge >= 0.3 is 0 Å². The minimum absolute atomic E-state index is 0.395. The smallest absolute Gasteiger partial charge is 0.242 e. The second kappa shape index (κ2) is 7.67. The van der Waals surface area contributed by atoms with E-state index in [0.717, 1.165) is 43.8 Å². The lowest BCUT2D eigenvalue weighted by molar-refractivity contribution is 0.580. The molecule has 0 amide bonds. The van der Waals surface area contributed by atoms with Gasteiger partial charge in [-0.25, -0.2) is 13.1 Å². The van der Waals surface area contributed by atoms with Gasteiger partial charge in [-0.05, 0) is 43.9 Å². The third-order valence-electron chi connectivity index (χ3n) is 3.53. The first-order chi connectivity index (χ1) is 10.1. The van der Waals surface area contributed by atoms with Crippen molar-refractivity contribution in [1.29, 1.82) is 0 Å². The van der Waals surface area contributed by atoms with E-state index in [0.29, 0.717) is 17.5 Å². The van der Waals surface area contributed by atoms with E-state index >= 15 is 0 Å². The van der Waals surface area contributed by atoms with Gasteiger partial charge in [0.05, 0.1) is 4.90 Å². The maximum atomic E-state index is 12.3. The van der Waals surface area contributed by atoms with Gasteiger partial charge in [0.15, 0.2) is 0 Å². The second-order valence-corrected chi connectivity index (χ2v) is 8.08. The van der Waals surface area contributed by atoms with Crippen LogP contribution in [0.1, 0.15) is 37.9 Å². The maximum absolute atomic E-state index is 12.3. The molecule has 7 heteroatoms. The van der Waals surface area contributed by atoms with E-state index in [2.05, 4.69) is 21.5 Å². The van der Waals surface area contributed by atoms with E-state index in [4.69, 9.17) is 0 Å². The number of hydrogen-bond donors (Lipinski definition) is 2. The summed E-state index contributed by atoms with van der Waals surface area (Å²) in [6.45, 7) is 4.15. The van der Waals surface area contributed by atoms with Crippen molar-refractivity contribution in [3.8, 4) is 0 Å². The summed E-state index contributed by atoms with van der Waals surface area (Å²) in [4.78, 5) is 0.395. The van der Waals surface area contributed by atoms with Gasteiger partial charge in [-0.1, -0.05) is 6.92 Å². The van der Waals surface area contributed by atoms with Crippen molar-refractivity contribution in [3.63, 3.8) is 0 Å². The van der Waals surface area contributed by atoms with Crippen molar-refractivity contribution in [3.05, 3.63) is 18.0 Å². The number of nitrogens with one attached hydrogen (secondary N) is 2. The molecule has 0 spiro atoms. The van der Waals surface area contributed by atoms with Crippen LogP contribution in [0.25, 0.3) is 0 Å². The molecule has 120 valence electrons. The Morgan fingerprint density at radius 2 is 2.19 bits per heavy atom. The average molecular weight is 332 g/mol. The highest BCUT2D eigenvalue weighted by Gasteiger charge is 2.27. The number of rotatable bonds is 10. The van der Waals surface area contributed by atoms with Crippen LogP contribution in [0, 0.1) is 0 Å². The standard InChI is InChI=1S/C14H25N3O2S2/c1-3-15-10-13-9-14(11-17(13)12-5-6-12)21(18,19)16-7-4-8-20-2/h9,11-12,15-16H,3-8,10H2,1-2H3. The molecule has 1 aliphatic rings. The van der Waals surface area contributed by atoms with E-state index in [1.165, 1.54) is 0 Å². The van der Waals surface area contributed by atoms with Gasteiger partial charge in [0.1, 0.15) is 0 Å². The van der Waals surface area contributed by atoms with Crippen LogP contribution < -0.4 is 10.0 Å². The molecule has 0 unspecified atom stereocenters. The van der Waals surface area contributed by atoms with E-state index in [1.54, 1.807) is 24.0 Å². The predicted molar refractivity (Wildman–Crippen MR) is 88.3 cm³/mol. The lowest BCUT2D eigenvalue weighted by Crippen LogP contribution is -2.24. The molecule has 1 aromatic heterocycles. The highest BCUT2D eigenvalue weighted by atomic mass is 32.2. The van der Waals surface area contributed by atoms with Gasteiger partial charge < -0.3 is 9.88 Å². The molecule has 1 fully saturated rings. The Kier molecular flexibility index (Phi) is 6.16. The predicted octanol–water partition coefficient (Wildman–Crippen LogP) is 1.96. The van der Waals surface area contributed by atoms with Gasteiger partial charge in [0, 0.05) is 31.0 Å². The van der Waals surface area contributed by atoms with Crippen LogP contribution in [0.5, 0.6) is 0 Å². The molecule has 0 aromatic carbocycles. The zero-order valence-electron chi connectivity index (χ0n) is 12.8. The molecule has 0 aliphatic heterocycles. The van der Waals surface area contributed by atoms with Crippen molar-refractivity contribution in [2.45, 2.75) is 43.7 Å². The summed E-state index contributed by atoms with van der Waals surface area (Å²) in [5.74, 6) is 0.970. The average Bonchev–Trinajstić information content (AvgIpc) is 3.21. The minimum Gasteiger partial charge on any atom is -0.346 e. The summed E-state index contributed by atoms with van der Waals surface area (Å²) < 4.78 is 29.5. The monoisotopic (exact) mass is 331 g/mol. The molecule has 2 N–H and O–H groups in total. The lowest BCUT2D eigenvalue weighted by atomic mass is 10.4. The fourth-order valence-electron chi connectivity index (χ4n) is 2.24. The fourth-order valence-corrected chi connectivity index (χ4v) is 3.79. The van der Waals surface area contributed by atoms with Crippen LogP contribution in [-0.2, 0) is 16.6 Å². The Morgan fingerprint density at radius 3 is 2.81 bits per heavy atom. The minimum atomic E-state index is -3.38. The summed E-state index contributed by atoms with van der Waals surface area (Å²) in [5.41, 5.74) is 1.06. The molecule has 0 atom stereocenters. The number of hydrogen-bond acceptors (Lipinski definition) is 4. The molecular weight excluding hydrogens is 306 g/mol. The Morgan fingerprint density at radius 1 is 1.43 bits per heavy atom. The molecular formula is C14H25N3O2S2. The van der Waals surface area contributed by atoms with Crippen molar-refractivity contribution >= 4 is 21.8 Å². The van der Waals surface area contributed by atoms with Gasteiger partial charge in [-0.15, -0.1) is 0 Å². The van der Waals surface area contributed by atoms with Crippen LogP contribution in [0.4, 0.5) is 0 Å². The molecule has 1 aromatic rings. The maximum Gasteiger partial charge on any atom is 0.242 e. The Hall–Kier alpha value is -0.500. The van der Waals surface area contributed by atoms with Crippen LogP contribution in [0.3, 0.4) is 0 Å². The summed E-state index contributed by atoms with van der Waals surface area (Å²) in [6.07, 6.45) is 6.97. The van der Waals surface area contributed by atoms with Crippen molar-refractivity contribution in [2.75, 3.05) is 25.1 Å². The molecule has 1 aliphatic carbocycles. The SMILES string of the molecule is CCNCc1cc(S(=O)(=O)NCCCSC)cn1C1CC1. The quantitative estimate of drug-likeness (QED) is 0.644. The third kappa shape index (κ3) is 4.74. The number of aromatic nitrogens is 1. The molecule has 21 heavy (non-hydrogen) atoms. The lowest BCUT2D eigenvalue weighted by Gasteiger charge is -2.07. The zero-order chi connectivity index (χ0) is 15.3. The van der Waals surface area contributed by atoms with Gasteiger partial charge in [0.2, 0.25) is 10.0 Å². The number of nitrogens with zero attached hydrogens (tertiary/aromatic N) is 1. The topological polar surface area (TPSA) is 63.1 Å². The number of thioether (sulfide) groups is 1. The summed E-state index contributed by atoms with van der Waals surface area (Å²) >= 11 is 1.73. The van der Waals surface area contributed by atoms with Crippen molar-refractivity contribution in [1.82, 2.24) is 14.6 Å². The van der Waals surface area contributed by atoms with E-state index < -0.39 is 10.0 Å². The molecule has 0 radical (unpaired) electrons. The van der Waals surface area contributed by atoms with Crippen molar-refractivity contribution in [2.24, 2.45) is 0 Å². The molecule has 0 saturated heterocycles. The molecule has 1 saturated carbocycles.